The van der Waals surface area contributed by atoms with Crippen molar-refractivity contribution >= 4 is 0 Å². The van der Waals surface area contributed by atoms with E-state index in [4.69, 9.17) is 5.73 Å². The molecule has 1 fully saturated rings. The largest absolute Gasteiger partial charge is 0.330 e. The van der Waals surface area contributed by atoms with Crippen molar-refractivity contribution in [3.05, 3.63) is 0 Å². The molecule has 90 valence electrons. The third-order valence-electron chi connectivity index (χ3n) is 3.60. The Hall–Kier alpha value is -0.0800. The topological polar surface area (TPSA) is 38.0 Å². The second kappa shape index (κ2) is 7.24. The van der Waals surface area contributed by atoms with Gasteiger partial charge in [0.15, 0.2) is 0 Å². The lowest BCUT2D eigenvalue weighted by molar-refractivity contribution is 0.432. The molecule has 0 saturated heterocycles. The predicted octanol–water partition coefficient (Wildman–Crippen LogP) is 2.39. The third kappa shape index (κ3) is 6.16. The van der Waals surface area contributed by atoms with Crippen LogP contribution in [0.25, 0.3) is 0 Å². The summed E-state index contributed by atoms with van der Waals surface area (Å²) in [6, 6.07) is 0. The minimum absolute atomic E-state index is 0.803. The van der Waals surface area contributed by atoms with Crippen molar-refractivity contribution < 1.29 is 0 Å². The van der Waals surface area contributed by atoms with Crippen molar-refractivity contribution in [3.8, 4) is 0 Å². The lowest BCUT2D eigenvalue weighted by atomic mass is 10.0. The molecule has 0 aromatic carbocycles. The van der Waals surface area contributed by atoms with Crippen LogP contribution in [0.1, 0.15) is 46.0 Å². The lowest BCUT2D eigenvalue weighted by Gasteiger charge is -2.13. The Morgan fingerprint density at radius 2 is 2.00 bits per heavy atom. The fourth-order valence-electron chi connectivity index (χ4n) is 2.17. The molecule has 15 heavy (non-hydrogen) atoms. The lowest BCUT2D eigenvalue weighted by Crippen LogP contribution is -2.23. The first kappa shape index (κ1) is 13.0. The average molecular weight is 212 g/mol. The molecular weight excluding hydrogens is 184 g/mol. The molecule has 0 aromatic rings. The van der Waals surface area contributed by atoms with Crippen molar-refractivity contribution in [1.29, 1.82) is 0 Å². The van der Waals surface area contributed by atoms with Crippen LogP contribution in [0, 0.1) is 17.8 Å². The van der Waals surface area contributed by atoms with Gasteiger partial charge in [-0.1, -0.05) is 13.8 Å². The maximum absolute atomic E-state index is 5.52. The molecule has 1 aliphatic rings. The summed E-state index contributed by atoms with van der Waals surface area (Å²) in [4.78, 5) is 0. The summed E-state index contributed by atoms with van der Waals surface area (Å²) in [7, 11) is 0. The molecule has 1 saturated carbocycles. The van der Waals surface area contributed by atoms with Crippen LogP contribution < -0.4 is 11.1 Å². The summed E-state index contributed by atoms with van der Waals surface area (Å²) in [5, 5.41) is 3.57. The maximum Gasteiger partial charge on any atom is -0.00205 e. The van der Waals surface area contributed by atoms with Gasteiger partial charge in [0.2, 0.25) is 0 Å². The van der Waals surface area contributed by atoms with Crippen molar-refractivity contribution in [1.82, 2.24) is 5.32 Å². The molecule has 1 rings (SSSR count). The van der Waals surface area contributed by atoms with E-state index in [0.717, 1.165) is 24.3 Å². The summed E-state index contributed by atoms with van der Waals surface area (Å²) in [6.45, 7) is 7.93. The fraction of sp³-hybridized carbons (Fsp3) is 1.00. The van der Waals surface area contributed by atoms with E-state index in [1.165, 1.54) is 45.2 Å². The van der Waals surface area contributed by atoms with E-state index in [1.807, 2.05) is 0 Å². The summed E-state index contributed by atoms with van der Waals surface area (Å²) < 4.78 is 0. The highest BCUT2D eigenvalue weighted by atomic mass is 14.9. The van der Waals surface area contributed by atoms with Crippen LogP contribution in [0.2, 0.25) is 0 Å². The number of hydrogen-bond donors (Lipinski definition) is 2. The average Bonchev–Trinajstić information content (AvgIpc) is 3.00. The Labute approximate surface area is 95.0 Å². The molecule has 0 heterocycles. The van der Waals surface area contributed by atoms with Crippen LogP contribution in [0.3, 0.4) is 0 Å². The van der Waals surface area contributed by atoms with Gasteiger partial charge in [0.1, 0.15) is 0 Å². The molecule has 3 N–H and O–H groups in total. The molecule has 2 atom stereocenters. The summed E-state index contributed by atoms with van der Waals surface area (Å²) >= 11 is 0. The number of nitrogens with two attached hydrogens (primary N) is 1. The highest BCUT2D eigenvalue weighted by Gasteiger charge is 2.27. The zero-order valence-electron chi connectivity index (χ0n) is 10.5. The highest BCUT2D eigenvalue weighted by Crippen LogP contribution is 2.35. The van der Waals surface area contributed by atoms with Crippen LogP contribution in [0.15, 0.2) is 0 Å². The standard InChI is InChI=1S/C13H28N2/c1-11(7-8-14)4-3-9-15-10-12(2)13-5-6-13/h11-13,15H,3-10,14H2,1-2H3. The summed E-state index contributed by atoms with van der Waals surface area (Å²) in [5.74, 6) is 2.73. The third-order valence-corrected chi connectivity index (χ3v) is 3.60. The molecule has 0 amide bonds. The van der Waals surface area contributed by atoms with Crippen LogP contribution in [0.5, 0.6) is 0 Å². The van der Waals surface area contributed by atoms with Gasteiger partial charge in [-0.25, -0.2) is 0 Å². The van der Waals surface area contributed by atoms with Gasteiger partial charge in [-0.05, 0) is 69.5 Å². The van der Waals surface area contributed by atoms with Crippen LogP contribution in [0.4, 0.5) is 0 Å². The molecule has 2 nitrogen and oxygen atoms in total. The molecule has 0 radical (unpaired) electrons. The highest BCUT2D eigenvalue weighted by molar-refractivity contribution is 4.79. The Morgan fingerprint density at radius 3 is 2.60 bits per heavy atom. The van der Waals surface area contributed by atoms with E-state index >= 15 is 0 Å². The van der Waals surface area contributed by atoms with Gasteiger partial charge < -0.3 is 11.1 Å². The Kier molecular flexibility index (Phi) is 6.26. The minimum atomic E-state index is 0.803. The van der Waals surface area contributed by atoms with Gasteiger partial charge in [-0.2, -0.15) is 0 Å². The zero-order valence-corrected chi connectivity index (χ0v) is 10.5. The van der Waals surface area contributed by atoms with Gasteiger partial charge in [-0.15, -0.1) is 0 Å². The van der Waals surface area contributed by atoms with Crippen molar-refractivity contribution in [2.24, 2.45) is 23.5 Å². The summed E-state index contributed by atoms with van der Waals surface area (Å²) in [6.07, 6.45) is 6.74. The number of hydrogen-bond acceptors (Lipinski definition) is 2. The maximum atomic E-state index is 5.52. The van der Waals surface area contributed by atoms with Crippen molar-refractivity contribution in [2.45, 2.75) is 46.0 Å². The molecular formula is C13H28N2. The zero-order chi connectivity index (χ0) is 11.1. The number of rotatable bonds is 9. The fourth-order valence-corrected chi connectivity index (χ4v) is 2.17. The number of nitrogens with one attached hydrogen (secondary N) is 1. The van der Waals surface area contributed by atoms with Gasteiger partial charge >= 0.3 is 0 Å². The second-order valence-electron chi connectivity index (χ2n) is 5.34. The quantitative estimate of drug-likeness (QED) is 0.576. The second-order valence-corrected chi connectivity index (χ2v) is 5.34. The smallest absolute Gasteiger partial charge is 0.00205 e. The van der Waals surface area contributed by atoms with Crippen LogP contribution >= 0.6 is 0 Å². The SMILES string of the molecule is CC(CCN)CCCNCC(C)C1CC1. The van der Waals surface area contributed by atoms with Gasteiger partial charge in [0.05, 0.1) is 0 Å². The molecule has 2 heteroatoms. The molecule has 0 bridgehead atoms. The van der Waals surface area contributed by atoms with Crippen LogP contribution in [-0.2, 0) is 0 Å². The first-order chi connectivity index (χ1) is 7.24. The van der Waals surface area contributed by atoms with E-state index in [-0.39, 0.29) is 0 Å². The first-order valence-corrected chi connectivity index (χ1v) is 6.64. The Balaban J connectivity index is 1.83. The monoisotopic (exact) mass is 212 g/mol. The first-order valence-electron chi connectivity index (χ1n) is 6.64. The van der Waals surface area contributed by atoms with Gasteiger partial charge in [0.25, 0.3) is 0 Å². The Bertz CT molecular complexity index is 155. The minimum Gasteiger partial charge on any atom is -0.330 e. The van der Waals surface area contributed by atoms with Crippen molar-refractivity contribution in [3.63, 3.8) is 0 Å². The van der Waals surface area contributed by atoms with E-state index in [1.54, 1.807) is 0 Å². The van der Waals surface area contributed by atoms with Gasteiger partial charge in [-0.3, -0.25) is 0 Å². The normalized spacial score (nSPS) is 20.2. The molecule has 1 aliphatic carbocycles. The van der Waals surface area contributed by atoms with E-state index < -0.39 is 0 Å². The molecule has 0 spiro atoms. The van der Waals surface area contributed by atoms with Gasteiger partial charge in [0, 0.05) is 0 Å². The molecule has 2 unspecified atom stereocenters. The van der Waals surface area contributed by atoms with E-state index in [9.17, 15) is 0 Å². The van der Waals surface area contributed by atoms with E-state index in [0.29, 0.717) is 0 Å². The van der Waals surface area contributed by atoms with E-state index in [2.05, 4.69) is 19.2 Å². The summed E-state index contributed by atoms with van der Waals surface area (Å²) in [5.41, 5.74) is 5.52. The van der Waals surface area contributed by atoms with Crippen LogP contribution in [-0.4, -0.2) is 19.6 Å². The predicted molar refractivity (Wildman–Crippen MR) is 66.8 cm³/mol. The Morgan fingerprint density at radius 1 is 1.27 bits per heavy atom. The molecule has 0 aromatic heterocycles. The molecule has 0 aliphatic heterocycles. The van der Waals surface area contributed by atoms with Crippen molar-refractivity contribution in [2.75, 3.05) is 19.6 Å².